The van der Waals surface area contributed by atoms with Gasteiger partial charge < -0.3 is 0 Å². The second-order valence-corrected chi connectivity index (χ2v) is 5.80. The van der Waals surface area contributed by atoms with E-state index in [4.69, 9.17) is 6.42 Å². The van der Waals surface area contributed by atoms with E-state index in [2.05, 4.69) is 6.04 Å². The molecule has 0 N–H and O–H groups in total. The average molecular weight is 271 g/mol. The van der Waals surface area contributed by atoms with Gasteiger partial charge in [-0.2, -0.15) is 0 Å². The summed E-state index contributed by atoms with van der Waals surface area (Å²) in [5.74, 6) is 0. The smallest absolute Gasteiger partial charge is 0.220 e. The summed E-state index contributed by atoms with van der Waals surface area (Å²) in [7, 11) is -3.65. The van der Waals surface area contributed by atoms with Crippen LogP contribution in [0, 0.1) is 12.5 Å². The molecule has 19 heavy (non-hydrogen) atoms. The van der Waals surface area contributed by atoms with Crippen molar-refractivity contribution < 1.29 is 8.42 Å². The molecule has 0 saturated heterocycles. The quantitative estimate of drug-likeness (QED) is 0.633. The van der Waals surface area contributed by atoms with Gasteiger partial charge >= 0.3 is 0 Å². The van der Waals surface area contributed by atoms with E-state index < -0.39 is 10.0 Å². The van der Waals surface area contributed by atoms with E-state index in [1.54, 1.807) is 18.2 Å². The maximum atomic E-state index is 12.4. The highest BCUT2D eigenvalue weighted by molar-refractivity contribution is 7.89. The Labute approximate surface area is 113 Å². The molecule has 0 unspecified atom stereocenters. The van der Waals surface area contributed by atoms with Crippen molar-refractivity contribution in [2.75, 3.05) is 0 Å². The minimum absolute atomic E-state index is 0.161. The topological polar surface area (TPSA) is 37.4 Å². The summed E-state index contributed by atoms with van der Waals surface area (Å²) in [6.45, 7) is 0.161. The van der Waals surface area contributed by atoms with Crippen LogP contribution in [0.25, 0.3) is 0 Å². The molecule has 0 fully saturated rings. The zero-order valence-corrected chi connectivity index (χ0v) is 11.0. The summed E-state index contributed by atoms with van der Waals surface area (Å²) in [5, 5.41) is 0. The van der Waals surface area contributed by atoms with Crippen LogP contribution in [0.15, 0.2) is 65.6 Å². The lowest BCUT2D eigenvalue weighted by Crippen LogP contribution is -2.25. The van der Waals surface area contributed by atoms with Crippen molar-refractivity contribution in [1.82, 2.24) is 4.31 Å². The Hall–Kier alpha value is -2.25. The van der Waals surface area contributed by atoms with E-state index in [1.165, 1.54) is 12.1 Å². The maximum Gasteiger partial charge on any atom is 0.271 e. The number of sulfonamides is 1. The fourth-order valence-corrected chi connectivity index (χ4v) is 2.88. The summed E-state index contributed by atoms with van der Waals surface area (Å²) < 4.78 is 25.7. The van der Waals surface area contributed by atoms with E-state index in [0.717, 1.165) is 9.87 Å². The van der Waals surface area contributed by atoms with Gasteiger partial charge in [0.1, 0.15) is 0 Å². The zero-order chi connectivity index (χ0) is 13.7. The number of hydrogen-bond donors (Lipinski definition) is 0. The molecule has 0 bridgehead atoms. The van der Waals surface area contributed by atoms with Gasteiger partial charge in [-0.1, -0.05) is 55.0 Å². The van der Waals surface area contributed by atoms with Gasteiger partial charge in [-0.05, 0) is 17.7 Å². The number of benzene rings is 2. The highest BCUT2D eigenvalue weighted by atomic mass is 32.2. The van der Waals surface area contributed by atoms with Gasteiger partial charge in [0.15, 0.2) is 0 Å². The SMILES string of the molecule is C#CN(Cc1ccccc1)S(=O)(=O)c1ccccc1. The number of rotatable bonds is 4. The van der Waals surface area contributed by atoms with Crippen molar-refractivity contribution in [3.63, 3.8) is 0 Å². The van der Waals surface area contributed by atoms with Crippen molar-refractivity contribution in [3.8, 4) is 12.5 Å². The highest BCUT2D eigenvalue weighted by Crippen LogP contribution is 2.17. The third-order valence-corrected chi connectivity index (χ3v) is 4.33. The van der Waals surface area contributed by atoms with E-state index in [0.29, 0.717) is 0 Å². The van der Waals surface area contributed by atoms with Crippen LogP contribution in [0.5, 0.6) is 0 Å². The van der Waals surface area contributed by atoms with Gasteiger partial charge in [0, 0.05) is 6.04 Å². The first-order chi connectivity index (χ1) is 9.14. The van der Waals surface area contributed by atoms with E-state index in [1.807, 2.05) is 30.3 Å². The molecule has 0 aliphatic heterocycles. The van der Waals surface area contributed by atoms with Crippen molar-refractivity contribution >= 4 is 10.0 Å². The minimum Gasteiger partial charge on any atom is -0.220 e. The molecule has 4 heteroatoms. The molecule has 0 heterocycles. The fraction of sp³-hybridized carbons (Fsp3) is 0.0667. The molecule has 0 amide bonds. The van der Waals surface area contributed by atoms with Crippen molar-refractivity contribution in [2.24, 2.45) is 0 Å². The number of nitrogens with zero attached hydrogens (tertiary/aromatic N) is 1. The first-order valence-corrected chi connectivity index (χ1v) is 7.16. The van der Waals surface area contributed by atoms with E-state index in [-0.39, 0.29) is 11.4 Å². The third kappa shape index (κ3) is 2.95. The van der Waals surface area contributed by atoms with E-state index in [9.17, 15) is 8.42 Å². The molecular formula is C15H13NO2S. The molecule has 2 rings (SSSR count). The Bertz CT molecular complexity index is 673. The molecule has 0 radical (unpaired) electrons. The molecule has 2 aromatic carbocycles. The predicted octanol–water partition coefficient (Wildman–Crippen LogP) is 2.47. The fourth-order valence-electron chi connectivity index (χ4n) is 1.67. The van der Waals surface area contributed by atoms with Crippen LogP contribution < -0.4 is 0 Å². The van der Waals surface area contributed by atoms with Gasteiger partial charge in [0.05, 0.1) is 11.4 Å². The van der Waals surface area contributed by atoms with Crippen molar-refractivity contribution in [3.05, 3.63) is 66.2 Å². The molecule has 0 spiro atoms. The van der Waals surface area contributed by atoms with Gasteiger partial charge in [0.2, 0.25) is 0 Å². The Morgan fingerprint density at radius 3 is 2.00 bits per heavy atom. The largest absolute Gasteiger partial charge is 0.271 e. The third-order valence-electron chi connectivity index (χ3n) is 2.64. The van der Waals surface area contributed by atoms with Crippen LogP contribution in [-0.4, -0.2) is 12.7 Å². The zero-order valence-electron chi connectivity index (χ0n) is 10.2. The second kappa shape index (κ2) is 5.59. The normalized spacial score (nSPS) is 10.7. The lowest BCUT2D eigenvalue weighted by molar-refractivity contribution is 0.509. The molecule has 0 aliphatic rings. The summed E-state index contributed by atoms with van der Waals surface area (Å²) in [5.41, 5.74) is 0.847. The Morgan fingerprint density at radius 2 is 1.47 bits per heavy atom. The molecule has 2 aromatic rings. The Balaban J connectivity index is 2.31. The van der Waals surface area contributed by atoms with Crippen LogP contribution in [0.4, 0.5) is 0 Å². The lowest BCUT2D eigenvalue weighted by atomic mass is 10.2. The minimum atomic E-state index is -3.65. The standard InChI is InChI=1S/C15H13NO2S/c1-2-16(13-14-9-5-3-6-10-14)19(17,18)15-11-7-4-8-12-15/h1,3-12H,13H2. The second-order valence-electron chi connectivity index (χ2n) is 3.94. The molecule has 0 atom stereocenters. The Morgan fingerprint density at radius 1 is 0.947 bits per heavy atom. The molecule has 0 aliphatic carbocycles. The van der Waals surface area contributed by atoms with Crippen LogP contribution in [0.3, 0.4) is 0 Å². The summed E-state index contributed by atoms with van der Waals surface area (Å²) >= 11 is 0. The molecule has 3 nitrogen and oxygen atoms in total. The maximum absolute atomic E-state index is 12.4. The average Bonchev–Trinajstić information content (AvgIpc) is 2.46. The van der Waals surface area contributed by atoms with Gasteiger partial charge in [-0.3, -0.25) is 0 Å². The van der Waals surface area contributed by atoms with Crippen LogP contribution in [0.2, 0.25) is 0 Å². The first kappa shape index (κ1) is 13.2. The van der Waals surface area contributed by atoms with Gasteiger partial charge in [-0.25, -0.2) is 12.7 Å². The van der Waals surface area contributed by atoms with Gasteiger partial charge in [-0.15, -0.1) is 0 Å². The number of hydrogen-bond acceptors (Lipinski definition) is 2. The lowest BCUT2D eigenvalue weighted by Gasteiger charge is -2.17. The molecular weight excluding hydrogens is 258 g/mol. The Kier molecular flexibility index (Phi) is 3.88. The van der Waals surface area contributed by atoms with Gasteiger partial charge in [0.25, 0.3) is 10.0 Å². The highest BCUT2D eigenvalue weighted by Gasteiger charge is 2.21. The summed E-state index contributed by atoms with van der Waals surface area (Å²) in [6.07, 6.45) is 5.34. The van der Waals surface area contributed by atoms with Crippen molar-refractivity contribution in [2.45, 2.75) is 11.4 Å². The monoisotopic (exact) mass is 271 g/mol. The number of terminal acetylenes is 1. The van der Waals surface area contributed by atoms with Crippen LogP contribution in [-0.2, 0) is 16.6 Å². The molecule has 96 valence electrons. The summed E-state index contributed by atoms with van der Waals surface area (Å²) in [6, 6.07) is 19.6. The summed E-state index contributed by atoms with van der Waals surface area (Å²) in [4.78, 5) is 0.198. The van der Waals surface area contributed by atoms with E-state index >= 15 is 0 Å². The first-order valence-electron chi connectivity index (χ1n) is 5.72. The van der Waals surface area contributed by atoms with Crippen LogP contribution in [0.1, 0.15) is 5.56 Å². The molecule has 0 aromatic heterocycles. The van der Waals surface area contributed by atoms with Crippen molar-refractivity contribution in [1.29, 1.82) is 0 Å². The molecule has 0 saturated carbocycles. The van der Waals surface area contributed by atoms with Crippen LogP contribution >= 0.6 is 0 Å². The predicted molar refractivity (Wildman–Crippen MR) is 74.4 cm³/mol.